The third kappa shape index (κ3) is 3.70. The minimum atomic E-state index is -0.0234. The van der Waals surface area contributed by atoms with E-state index in [4.69, 9.17) is 15.3 Å². The maximum atomic E-state index is 5.89. The Bertz CT molecular complexity index is 414. The number of ether oxygens (including phenoxy) is 2. The second kappa shape index (κ2) is 7.59. The summed E-state index contributed by atoms with van der Waals surface area (Å²) in [4.78, 5) is 2.38. The van der Waals surface area contributed by atoms with E-state index in [9.17, 15) is 0 Å². The van der Waals surface area contributed by atoms with Crippen molar-refractivity contribution >= 4 is 0 Å². The van der Waals surface area contributed by atoms with Gasteiger partial charge in [0.25, 0.3) is 0 Å². The zero-order valence-electron chi connectivity index (χ0n) is 12.3. The number of hydrazine groups is 1. The highest BCUT2D eigenvalue weighted by atomic mass is 16.5. The largest absolute Gasteiger partial charge is 0.494 e. The van der Waals surface area contributed by atoms with Crippen LogP contribution < -0.4 is 16.0 Å². The number of rotatable bonds is 6. The normalized spacial score (nSPS) is 21.6. The van der Waals surface area contributed by atoms with Crippen LogP contribution in [-0.4, -0.2) is 43.9 Å². The van der Waals surface area contributed by atoms with Crippen molar-refractivity contribution in [3.8, 4) is 5.75 Å². The van der Waals surface area contributed by atoms with Gasteiger partial charge >= 0.3 is 0 Å². The number of morpholine rings is 1. The van der Waals surface area contributed by atoms with Crippen LogP contribution in [0.3, 0.4) is 0 Å². The molecular formula is C15H25N3O2. The molecule has 1 aromatic rings. The smallest absolute Gasteiger partial charge is 0.119 e. The third-order valence-electron chi connectivity index (χ3n) is 3.70. The maximum absolute atomic E-state index is 5.89. The van der Waals surface area contributed by atoms with Gasteiger partial charge in [0.05, 0.1) is 25.4 Å². The van der Waals surface area contributed by atoms with Gasteiger partial charge in [0.15, 0.2) is 0 Å². The molecule has 5 heteroatoms. The Morgan fingerprint density at radius 2 is 2.35 bits per heavy atom. The first-order valence-electron chi connectivity index (χ1n) is 7.31. The van der Waals surface area contributed by atoms with Crippen LogP contribution in [0, 0.1) is 0 Å². The average Bonchev–Trinajstić information content (AvgIpc) is 2.49. The van der Waals surface area contributed by atoms with Gasteiger partial charge in [-0.1, -0.05) is 19.1 Å². The Hall–Kier alpha value is -1.14. The number of hydrogen-bond acceptors (Lipinski definition) is 5. The fourth-order valence-electron chi connectivity index (χ4n) is 2.60. The van der Waals surface area contributed by atoms with Crippen molar-refractivity contribution in [2.24, 2.45) is 5.84 Å². The van der Waals surface area contributed by atoms with Gasteiger partial charge in [0, 0.05) is 13.1 Å². The zero-order valence-corrected chi connectivity index (χ0v) is 12.3. The van der Waals surface area contributed by atoms with Crippen molar-refractivity contribution in [2.75, 3.05) is 32.8 Å². The minimum absolute atomic E-state index is 0.0234. The van der Waals surface area contributed by atoms with Crippen molar-refractivity contribution in [1.82, 2.24) is 10.3 Å². The monoisotopic (exact) mass is 279 g/mol. The van der Waals surface area contributed by atoms with Crippen LogP contribution in [0.2, 0.25) is 0 Å². The Morgan fingerprint density at radius 3 is 3.05 bits per heavy atom. The number of likely N-dealkylation sites (N-methyl/N-ethyl adjacent to an activating group) is 1. The average molecular weight is 279 g/mol. The van der Waals surface area contributed by atoms with Crippen LogP contribution in [0.5, 0.6) is 5.75 Å². The van der Waals surface area contributed by atoms with Crippen LogP contribution in [0.15, 0.2) is 24.3 Å². The molecule has 0 aromatic heterocycles. The topological polar surface area (TPSA) is 59.8 Å². The molecule has 2 rings (SSSR count). The molecule has 2 unspecified atom stereocenters. The van der Waals surface area contributed by atoms with Crippen LogP contribution in [0.1, 0.15) is 25.5 Å². The summed E-state index contributed by atoms with van der Waals surface area (Å²) in [5.41, 5.74) is 3.99. The molecule has 1 saturated heterocycles. The van der Waals surface area contributed by atoms with E-state index in [-0.39, 0.29) is 12.1 Å². The van der Waals surface area contributed by atoms with Crippen molar-refractivity contribution in [3.63, 3.8) is 0 Å². The van der Waals surface area contributed by atoms with E-state index in [1.54, 1.807) is 0 Å². The molecular weight excluding hydrogens is 254 g/mol. The van der Waals surface area contributed by atoms with E-state index in [1.807, 2.05) is 25.1 Å². The fraction of sp³-hybridized carbons (Fsp3) is 0.600. The quantitative estimate of drug-likeness (QED) is 0.607. The molecule has 3 N–H and O–H groups in total. The van der Waals surface area contributed by atoms with E-state index < -0.39 is 0 Å². The first kappa shape index (κ1) is 15.3. The van der Waals surface area contributed by atoms with Gasteiger partial charge < -0.3 is 9.47 Å². The molecule has 1 aliphatic rings. The van der Waals surface area contributed by atoms with E-state index in [0.717, 1.165) is 37.6 Å². The molecule has 0 amide bonds. The van der Waals surface area contributed by atoms with Gasteiger partial charge in [-0.25, -0.2) is 0 Å². The molecule has 5 nitrogen and oxygen atoms in total. The summed E-state index contributed by atoms with van der Waals surface area (Å²) >= 11 is 0. The summed E-state index contributed by atoms with van der Waals surface area (Å²) < 4.78 is 11.4. The highest BCUT2D eigenvalue weighted by Gasteiger charge is 2.28. The van der Waals surface area contributed by atoms with Crippen molar-refractivity contribution in [2.45, 2.75) is 26.0 Å². The molecule has 2 atom stereocenters. The fourth-order valence-corrected chi connectivity index (χ4v) is 2.60. The molecule has 1 fully saturated rings. The molecule has 0 saturated carbocycles. The van der Waals surface area contributed by atoms with E-state index in [2.05, 4.69) is 23.3 Å². The highest BCUT2D eigenvalue weighted by Crippen LogP contribution is 2.25. The number of nitrogens with one attached hydrogen (secondary N) is 1. The summed E-state index contributed by atoms with van der Waals surface area (Å²) in [5.74, 6) is 6.63. The van der Waals surface area contributed by atoms with Crippen molar-refractivity contribution < 1.29 is 9.47 Å². The Kier molecular flexibility index (Phi) is 5.79. The zero-order chi connectivity index (χ0) is 14.4. The molecule has 1 aliphatic heterocycles. The Balaban J connectivity index is 2.12. The van der Waals surface area contributed by atoms with Gasteiger partial charge in [0.1, 0.15) is 5.75 Å². The molecule has 0 radical (unpaired) electrons. The van der Waals surface area contributed by atoms with Crippen LogP contribution in [0.25, 0.3) is 0 Å². The second-order valence-corrected chi connectivity index (χ2v) is 4.95. The van der Waals surface area contributed by atoms with Crippen molar-refractivity contribution in [1.29, 1.82) is 0 Å². The standard InChI is InChI=1S/C15H25N3O2/c1-3-18-8-9-20-14(11-18)15(17-16)12-6-5-7-13(10-12)19-4-2/h5-7,10,14-15,17H,3-4,8-9,11,16H2,1-2H3. The lowest BCUT2D eigenvalue weighted by Crippen LogP contribution is -2.49. The summed E-state index contributed by atoms with van der Waals surface area (Å²) in [6.07, 6.45) is 0.0607. The first-order chi connectivity index (χ1) is 9.78. The van der Waals surface area contributed by atoms with E-state index >= 15 is 0 Å². The van der Waals surface area contributed by atoms with Crippen LogP contribution >= 0.6 is 0 Å². The SMILES string of the molecule is CCOc1cccc(C(NN)C2CN(CC)CCO2)c1. The maximum Gasteiger partial charge on any atom is 0.119 e. The molecule has 1 heterocycles. The molecule has 0 aliphatic carbocycles. The Morgan fingerprint density at radius 1 is 1.50 bits per heavy atom. The lowest BCUT2D eigenvalue weighted by Gasteiger charge is -2.36. The van der Waals surface area contributed by atoms with Gasteiger partial charge in [0.2, 0.25) is 0 Å². The third-order valence-corrected chi connectivity index (χ3v) is 3.70. The lowest BCUT2D eigenvalue weighted by molar-refractivity contribution is -0.0456. The van der Waals surface area contributed by atoms with Gasteiger partial charge in [-0.05, 0) is 31.2 Å². The summed E-state index contributed by atoms with van der Waals surface area (Å²) in [5, 5.41) is 0. The molecule has 0 spiro atoms. The summed E-state index contributed by atoms with van der Waals surface area (Å²) in [6.45, 7) is 8.48. The number of nitrogens with two attached hydrogens (primary N) is 1. The van der Waals surface area contributed by atoms with E-state index in [1.165, 1.54) is 0 Å². The predicted molar refractivity (Wildman–Crippen MR) is 79.5 cm³/mol. The lowest BCUT2D eigenvalue weighted by atomic mass is 10.0. The van der Waals surface area contributed by atoms with Gasteiger partial charge in [-0.2, -0.15) is 0 Å². The number of nitrogens with zero attached hydrogens (tertiary/aromatic N) is 1. The Labute approximate surface area is 121 Å². The summed E-state index contributed by atoms with van der Waals surface area (Å²) in [7, 11) is 0. The molecule has 1 aromatic carbocycles. The number of hydrogen-bond donors (Lipinski definition) is 2. The molecule has 112 valence electrons. The van der Waals surface area contributed by atoms with Gasteiger partial charge in [-0.15, -0.1) is 0 Å². The van der Waals surface area contributed by atoms with Gasteiger partial charge in [-0.3, -0.25) is 16.2 Å². The first-order valence-corrected chi connectivity index (χ1v) is 7.31. The van der Waals surface area contributed by atoms with Crippen molar-refractivity contribution in [3.05, 3.63) is 29.8 Å². The number of benzene rings is 1. The van der Waals surface area contributed by atoms with E-state index in [0.29, 0.717) is 6.61 Å². The second-order valence-electron chi connectivity index (χ2n) is 4.95. The molecule has 20 heavy (non-hydrogen) atoms. The minimum Gasteiger partial charge on any atom is -0.494 e. The molecule has 0 bridgehead atoms. The van der Waals surface area contributed by atoms with Crippen LogP contribution in [0.4, 0.5) is 0 Å². The summed E-state index contributed by atoms with van der Waals surface area (Å²) in [6, 6.07) is 8.01. The highest BCUT2D eigenvalue weighted by molar-refractivity contribution is 5.31. The van der Waals surface area contributed by atoms with Crippen LogP contribution in [-0.2, 0) is 4.74 Å². The predicted octanol–water partition coefficient (Wildman–Crippen LogP) is 1.31.